The predicted molar refractivity (Wildman–Crippen MR) is 90.9 cm³/mol. The van der Waals surface area contributed by atoms with Crippen LogP contribution in [0.4, 0.5) is 5.69 Å². The van der Waals surface area contributed by atoms with Gasteiger partial charge in [0.2, 0.25) is 0 Å². The molecule has 118 valence electrons. The fourth-order valence-electron chi connectivity index (χ4n) is 2.03. The van der Waals surface area contributed by atoms with Crippen LogP contribution in [0.15, 0.2) is 60.2 Å². The molecule has 0 aliphatic rings. The first-order valence-electron chi connectivity index (χ1n) is 7.25. The van der Waals surface area contributed by atoms with E-state index in [1.54, 1.807) is 38.3 Å². The Morgan fingerprint density at radius 1 is 1.04 bits per heavy atom. The van der Waals surface area contributed by atoms with Crippen LogP contribution in [-0.4, -0.2) is 18.8 Å². The van der Waals surface area contributed by atoms with Crippen molar-refractivity contribution in [2.24, 2.45) is 0 Å². The van der Waals surface area contributed by atoms with Crippen molar-refractivity contribution in [1.82, 2.24) is 0 Å². The van der Waals surface area contributed by atoms with Crippen molar-refractivity contribution in [3.05, 3.63) is 71.3 Å². The van der Waals surface area contributed by atoms with Gasteiger partial charge in [0.1, 0.15) is 5.75 Å². The lowest BCUT2D eigenvalue weighted by molar-refractivity contribution is -0.112. The molecule has 0 aliphatic heterocycles. The average Bonchev–Trinajstić information content (AvgIpc) is 2.56. The van der Waals surface area contributed by atoms with E-state index in [0.717, 1.165) is 11.3 Å². The van der Waals surface area contributed by atoms with Gasteiger partial charge in [-0.25, -0.2) is 0 Å². The fourth-order valence-corrected chi connectivity index (χ4v) is 2.03. The highest BCUT2D eigenvalue weighted by Crippen LogP contribution is 2.15. The van der Waals surface area contributed by atoms with E-state index in [1.807, 2.05) is 31.2 Å². The van der Waals surface area contributed by atoms with Crippen LogP contribution in [-0.2, 0) is 4.79 Å². The molecule has 4 heteroatoms. The highest BCUT2D eigenvalue weighted by atomic mass is 16.5. The minimum Gasteiger partial charge on any atom is -0.497 e. The molecule has 1 N–H and O–H groups in total. The summed E-state index contributed by atoms with van der Waals surface area (Å²) in [7, 11) is 1.57. The van der Waals surface area contributed by atoms with Crippen molar-refractivity contribution in [3.63, 3.8) is 0 Å². The monoisotopic (exact) mass is 309 g/mol. The molecule has 0 heterocycles. The lowest BCUT2D eigenvalue weighted by atomic mass is 10.1. The number of nitrogens with one attached hydrogen (secondary N) is 1. The van der Waals surface area contributed by atoms with Crippen LogP contribution >= 0.6 is 0 Å². The SMILES string of the molecule is COc1ccc(C(=O)C=C(C)C(=O)Nc2ccccc2C)cc1. The zero-order chi connectivity index (χ0) is 16.8. The molecule has 2 rings (SSSR count). The molecule has 0 spiro atoms. The Balaban J connectivity index is 2.10. The maximum absolute atomic E-state index is 12.2. The number of rotatable bonds is 5. The first-order chi connectivity index (χ1) is 11.0. The molecule has 0 fully saturated rings. The summed E-state index contributed by atoms with van der Waals surface area (Å²) in [5.74, 6) is 0.172. The summed E-state index contributed by atoms with van der Waals surface area (Å²) in [6.07, 6.45) is 1.34. The highest BCUT2D eigenvalue weighted by Gasteiger charge is 2.10. The fraction of sp³-hybridized carbons (Fsp3) is 0.158. The first-order valence-corrected chi connectivity index (χ1v) is 7.25. The second-order valence-electron chi connectivity index (χ2n) is 5.19. The van der Waals surface area contributed by atoms with Gasteiger partial charge in [0.25, 0.3) is 5.91 Å². The largest absolute Gasteiger partial charge is 0.497 e. The van der Waals surface area contributed by atoms with Gasteiger partial charge in [-0.2, -0.15) is 0 Å². The van der Waals surface area contributed by atoms with E-state index in [4.69, 9.17) is 4.74 Å². The van der Waals surface area contributed by atoms with Crippen LogP contribution in [0.1, 0.15) is 22.8 Å². The minimum absolute atomic E-state index is 0.218. The lowest BCUT2D eigenvalue weighted by Crippen LogP contribution is -2.14. The number of allylic oxidation sites excluding steroid dienone is 1. The molecule has 0 aliphatic carbocycles. The van der Waals surface area contributed by atoms with Gasteiger partial charge in [0.05, 0.1) is 7.11 Å². The topological polar surface area (TPSA) is 55.4 Å². The minimum atomic E-state index is -0.291. The second kappa shape index (κ2) is 7.40. The van der Waals surface area contributed by atoms with E-state index >= 15 is 0 Å². The number of carbonyl (C=O) groups excluding carboxylic acids is 2. The Bertz CT molecular complexity index is 745. The molecule has 4 nitrogen and oxygen atoms in total. The van der Waals surface area contributed by atoms with Gasteiger partial charge in [0.15, 0.2) is 5.78 Å². The summed E-state index contributed by atoms with van der Waals surface area (Å²) in [5.41, 5.74) is 2.57. The number of amides is 1. The maximum atomic E-state index is 12.2. The van der Waals surface area contributed by atoms with E-state index in [-0.39, 0.29) is 11.7 Å². The highest BCUT2D eigenvalue weighted by molar-refractivity contribution is 6.12. The molecular weight excluding hydrogens is 290 g/mol. The predicted octanol–water partition coefficient (Wildman–Crippen LogP) is 3.77. The van der Waals surface area contributed by atoms with Crippen molar-refractivity contribution in [2.75, 3.05) is 12.4 Å². The van der Waals surface area contributed by atoms with Crippen LogP contribution in [0, 0.1) is 6.92 Å². The molecule has 2 aromatic rings. The molecule has 0 saturated carbocycles. The summed E-state index contributed by atoms with van der Waals surface area (Å²) < 4.78 is 5.05. The number of para-hydroxylation sites is 1. The zero-order valence-corrected chi connectivity index (χ0v) is 13.4. The molecule has 0 aromatic heterocycles. The van der Waals surface area contributed by atoms with Gasteiger partial charge >= 0.3 is 0 Å². The first kappa shape index (κ1) is 16.5. The molecule has 1 amide bonds. The molecule has 2 aromatic carbocycles. The number of hydrogen-bond acceptors (Lipinski definition) is 3. The Morgan fingerprint density at radius 3 is 2.30 bits per heavy atom. The molecule has 0 saturated heterocycles. The van der Waals surface area contributed by atoms with E-state index in [1.165, 1.54) is 6.08 Å². The number of anilines is 1. The summed E-state index contributed by atoms with van der Waals surface area (Å²) in [6, 6.07) is 14.3. The summed E-state index contributed by atoms with van der Waals surface area (Å²) in [5, 5.41) is 2.81. The number of carbonyl (C=O) groups is 2. The summed E-state index contributed by atoms with van der Waals surface area (Å²) in [4.78, 5) is 24.4. The van der Waals surface area contributed by atoms with Gasteiger partial charge in [0, 0.05) is 16.8 Å². The number of aryl methyl sites for hydroxylation is 1. The van der Waals surface area contributed by atoms with Crippen LogP contribution in [0.25, 0.3) is 0 Å². The Morgan fingerprint density at radius 2 is 1.70 bits per heavy atom. The number of methoxy groups -OCH3 is 1. The molecule has 0 radical (unpaired) electrons. The third-order valence-electron chi connectivity index (χ3n) is 3.47. The van der Waals surface area contributed by atoms with Gasteiger partial charge in [-0.05, 0) is 55.8 Å². The van der Waals surface area contributed by atoms with Crippen molar-refractivity contribution < 1.29 is 14.3 Å². The van der Waals surface area contributed by atoms with Gasteiger partial charge in [-0.1, -0.05) is 18.2 Å². The van der Waals surface area contributed by atoms with Crippen molar-refractivity contribution >= 4 is 17.4 Å². The normalized spacial score (nSPS) is 11.0. The number of ether oxygens (including phenoxy) is 1. The Kier molecular flexibility index (Phi) is 5.31. The van der Waals surface area contributed by atoms with Crippen LogP contribution < -0.4 is 10.1 Å². The van der Waals surface area contributed by atoms with E-state index in [9.17, 15) is 9.59 Å². The molecule has 0 bridgehead atoms. The van der Waals surface area contributed by atoms with Crippen molar-refractivity contribution in [3.8, 4) is 5.75 Å². The molecule has 0 atom stereocenters. The molecule has 0 unspecified atom stereocenters. The van der Waals surface area contributed by atoms with Crippen LogP contribution in [0.3, 0.4) is 0 Å². The summed E-state index contributed by atoms with van der Waals surface area (Å²) >= 11 is 0. The third kappa shape index (κ3) is 4.30. The van der Waals surface area contributed by atoms with Crippen LogP contribution in [0.2, 0.25) is 0 Å². The van der Waals surface area contributed by atoms with Crippen molar-refractivity contribution in [1.29, 1.82) is 0 Å². The molecule has 23 heavy (non-hydrogen) atoms. The third-order valence-corrected chi connectivity index (χ3v) is 3.47. The number of benzene rings is 2. The van der Waals surface area contributed by atoms with Gasteiger partial charge < -0.3 is 10.1 Å². The van der Waals surface area contributed by atoms with Crippen molar-refractivity contribution in [2.45, 2.75) is 13.8 Å². The maximum Gasteiger partial charge on any atom is 0.251 e. The Labute approximate surface area is 135 Å². The van der Waals surface area contributed by atoms with Gasteiger partial charge in [-0.15, -0.1) is 0 Å². The lowest BCUT2D eigenvalue weighted by Gasteiger charge is -2.08. The second-order valence-corrected chi connectivity index (χ2v) is 5.19. The average molecular weight is 309 g/mol. The number of hydrogen-bond donors (Lipinski definition) is 1. The van der Waals surface area contributed by atoms with Crippen LogP contribution in [0.5, 0.6) is 5.75 Å². The zero-order valence-electron chi connectivity index (χ0n) is 13.4. The molecular formula is C19H19NO3. The number of ketones is 1. The smallest absolute Gasteiger partial charge is 0.251 e. The van der Waals surface area contributed by atoms with E-state index < -0.39 is 0 Å². The standard InChI is InChI=1S/C19H19NO3/c1-13-6-4-5-7-17(13)20-19(22)14(2)12-18(21)15-8-10-16(23-3)11-9-15/h4-12H,1-3H3,(H,20,22). The van der Waals surface area contributed by atoms with Gasteiger partial charge in [-0.3, -0.25) is 9.59 Å². The van der Waals surface area contributed by atoms with E-state index in [0.29, 0.717) is 16.9 Å². The Hall–Kier alpha value is -2.88. The van der Waals surface area contributed by atoms with E-state index in [2.05, 4.69) is 5.32 Å². The summed E-state index contributed by atoms with van der Waals surface area (Å²) in [6.45, 7) is 3.53. The quantitative estimate of drug-likeness (QED) is 0.675.